The van der Waals surface area contributed by atoms with E-state index in [4.69, 9.17) is 4.74 Å². The highest BCUT2D eigenvalue weighted by molar-refractivity contribution is 7.89. The average Bonchev–Trinajstić information content (AvgIpc) is 3.05. The van der Waals surface area contributed by atoms with Crippen molar-refractivity contribution in [3.05, 3.63) is 42.1 Å². The minimum absolute atomic E-state index is 0.0156. The second-order valence-electron chi connectivity index (χ2n) is 5.90. The highest BCUT2D eigenvalue weighted by atomic mass is 32.2. The van der Waals surface area contributed by atoms with E-state index in [1.807, 2.05) is 0 Å². The standard InChI is InChI=1S/C16H16F3N3O4S/c1-11-6-7-15(21-20-11)25-12-8-9-22(10-12)27(23,24)14-5-3-2-4-13(14)26-16(17,18)19/h2-7,12H,8-10H2,1H3. The van der Waals surface area contributed by atoms with Crippen LogP contribution in [0.3, 0.4) is 0 Å². The summed E-state index contributed by atoms with van der Waals surface area (Å²) in [6.07, 6.45) is -5.10. The van der Waals surface area contributed by atoms with Crippen LogP contribution in [0.5, 0.6) is 11.6 Å². The monoisotopic (exact) mass is 403 g/mol. The summed E-state index contributed by atoms with van der Waals surface area (Å²) in [6.45, 7) is 1.85. The largest absolute Gasteiger partial charge is 0.573 e. The van der Waals surface area contributed by atoms with Crippen LogP contribution in [-0.4, -0.2) is 48.5 Å². The van der Waals surface area contributed by atoms with Gasteiger partial charge in [-0.25, -0.2) is 8.42 Å². The van der Waals surface area contributed by atoms with E-state index in [2.05, 4.69) is 14.9 Å². The van der Waals surface area contributed by atoms with Gasteiger partial charge in [0, 0.05) is 12.6 Å². The van der Waals surface area contributed by atoms with E-state index < -0.39 is 33.1 Å². The molecule has 1 aromatic carbocycles. The Morgan fingerprint density at radius 3 is 2.56 bits per heavy atom. The number of nitrogens with zero attached hydrogens (tertiary/aromatic N) is 3. The summed E-state index contributed by atoms with van der Waals surface area (Å²) >= 11 is 0. The topological polar surface area (TPSA) is 81.6 Å². The van der Waals surface area contributed by atoms with Crippen molar-refractivity contribution in [1.82, 2.24) is 14.5 Å². The third kappa shape index (κ3) is 4.66. The van der Waals surface area contributed by atoms with Crippen LogP contribution < -0.4 is 9.47 Å². The molecule has 11 heteroatoms. The molecular weight excluding hydrogens is 387 g/mol. The number of sulfonamides is 1. The molecule has 1 aromatic heterocycles. The van der Waals surface area contributed by atoms with Crippen LogP contribution in [0, 0.1) is 6.92 Å². The summed E-state index contributed by atoms with van der Waals surface area (Å²) in [5.74, 6) is -0.510. The molecule has 0 saturated carbocycles. The SMILES string of the molecule is Cc1ccc(OC2CCN(S(=O)(=O)c3ccccc3OC(F)(F)F)C2)nn1. The average molecular weight is 403 g/mol. The van der Waals surface area contributed by atoms with Gasteiger partial charge in [0.05, 0.1) is 12.2 Å². The predicted molar refractivity (Wildman–Crippen MR) is 87.7 cm³/mol. The zero-order valence-electron chi connectivity index (χ0n) is 14.2. The number of rotatable bonds is 5. The molecule has 146 valence electrons. The molecule has 7 nitrogen and oxygen atoms in total. The zero-order valence-corrected chi connectivity index (χ0v) is 15.0. The van der Waals surface area contributed by atoms with Crippen LogP contribution in [0.25, 0.3) is 0 Å². The molecule has 27 heavy (non-hydrogen) atoms. The van der Waals surface area contributed by atoms with Crippen molar-refractivity contribution in [2.24, 2.45) is 0 Å². The second-order valence-corrected chi connectivity index (χ2v) is 7.81. The second kappa shape index (κ2) is 7.31. The predicted octanol–water partition coefficient (Wildman–Crippen LogP) is 2.53. The maximum absolute atomic E-state index is 12.8. The van der Waals surface area contributed by atoms with Gasteiger partial charge in [0.25, 0.3) is 0 Å². The normalized spacial score (nSPS) is 18.4. The van der Waals surface area contributed by atoms with E-state index in [-0.39, 0.29) is 19.0 Å². The van der Waals surface area contributed by atoms with Gasteiger partial charge in [0.1, 0.15) is 16.7 Å². The lowest BCUT2D eigenvalue weighted by atomic mass is 10.3. The Bertz CT molecular complexity index is 904. The first-order chi connectivity index (χ1) is 12.6. The van der Waals surface area contributed by atoms with Gasteiger partial charge in [-0.15, -0.1) is 18.3 Å². The van der Waals surface area contributed by atoms with Gasteiger partial charge in [-0.05, 0) is 31.5 Å². The lowest BCUT2D eigenvalue weighted by Crippen LogP contribution is -2.32. The fourth-order valence-corrected chi connectivity index (χ4v) is 4.24. The van der Waals surface area contributed by atoms with E-state index in [0.717, 1.165) is 16.4 Å². The molecule has 1 atom stereocenters. The molecule has 1 aliphatic heterocycles. The fourth-order valence-electron chi connectivity index (χ4n) is 2.64. The van der Waals surface area contributed by atoms with Crippen molar-refractivity contribution in [2.45, 2.75) is 30.7 Å². The summed E-state index contributed by atoms with van der Waals surface area (Å²) in [5.41, 5.74) is 0.708. The van der Waals surface area contributed by atoms with Crippen molar-refractivity contribution < 1.29 is 31.1 Å². The third-order valence-electron chi connectivity index (χ3n) is 3.86. The van der Waals surface area contributed by atoms with Crippen molar-refractivity contribution >= 4 is 10.0 Å². The molecule has 0 bridgehead atoms. The number of hydrogen-bond acceptors (Lipinski definition) is 6. The molecule has 1 fully saturated rings. The van der Waals surface area contributed by atoms with Gasteiger partial charge in [-0.1, -0.05) is 12.1 Å². The first-order valence-electron chi connectivity index (χ1n) is 7.97. The number of hydrogen-bond donors (Lipinski definition) is 0. The summed E-state index contributed by atoms with van der Waals surface area (Å²) < 4.78 is 73.8. The van der Waals surface area contributed by atoms with Crippen molar-refractivity contribution in [3.8, 4) is 11.6 Å². The van der Waals surface area contributed by atoms with Crippen LogP contribution in [0.2, 0.25) is 0 Å². The van der Waals surface area contributed by atoms with Gasteiger partial charge in [0.2, 0.25) is 15.9 Å². The third-order valence-corrected chi connectivity index (χ3v) is 5.77. The summed E-state index contributed by atoms with van der Waals surface area (Å²) in [4.78, 5) is -0.543. The lowest BCUT2D eigenvalue weighted by molar-refractivity contribution is -0.275. The Morgan fingerprint density at radius 1 is 1.15 bits per heavy atom. The number of para-hydroxylation sites is 1. The highest BCUT2D eigenvalue weighted by Gasteiger charge is 2.38. The molecular formula is C16H16F3N3O4S. The zero-order chi connectivity index (χ0) is 19.7. The Kier molecular flexibility index (Phi) is 5.24. The molecule has 2 heterocycles. The Labute approximate surface area is 153 Å². The number of aryl methyl sites for hydroxylation is 1. The number of benzene rings is 1. The Morgan fingerprint density at radius 2 is 1.89 bits per heavy atom. The van der Waals surface area contributed by atoms with Crippen LogP contribution in [0.15, 0.2) is 41.3 Å². The van der Waals surface area contributed by atoms with Gasteiger partial charge in [-0.3, -0.25) is 0 Å². The van der Waals surface area contributed by atoms with Crippen LogP contribution in [0.4, 0.5) is 13.2 Å². The van der Waals surface area contributed by atoms with Gasteiger partial charge >= 0.3 is 6.36 Å². The molecule has 0 spiro atoms. The van der Waals surface area contributed by atoms with E-state index in [1.54, 1.807) is 19.1 Å². The number of alkyl halides is 3. The minimum Gasteiger partial charge on any atom is -0.472 e. The van der Waals surface area contributed by atoms with Crippen molar-refractivity contribution in [3.63, 3.8) is 0 Å². The van der Waals surface area contributed by atoms with Gasteiger partial charge in [0.15, 0.2) is 0 Å². The first-order valence-corrected chi connectivity index (χ1v) is 9.41. The molecule has 0 aliphatic carbocycles. The van der Waals surface area contributed by atoms with Gasteiger partial charge in [-0.2, -0.15) is 9.40 Å². The van der Waals surface area contributed by atoms with E-state index in [1.165, 1.54) is 12.1 Å². The summed E-state index contributed by atoms with van der Waals surface area (Å²) in [6, 6.07) is 7.97. The minimum atomic E-state index is -4.99. The first kappa shape index (κ1) is 19.4. The molecule has 0 N–H and O–H groups in total. The van der Waals surface area contributed by atoms with Gasteiger partial charge < -0.3 is 9.47 Å². The molecule has 1 aliphatic rings. The smallest absolute Gasteiger partial charge is 0.472 e. The maximum atomic E-state index is 12.8. The number of ether oxygens (including phenoxy) is 2. The van der Waals surface area contributed by atoms with Crippen LogP contribution >= 0.6 is 0 Å². The van der Waals surface area contributed by atoms with Crippen molar-refractivity contribution in [2.75, 3.05) is 13.1 Å². The molecule has 0 radical (unpaired) electrons. The molecule has 3 rings (SSSR count). The Hall–Kier alpha value is -2.40. The molecule has 0 amide bonds. The van der Waals surface area contributed by atoms with E-state index in [0.29, 0.717) is 12.1 Å². The van der Waals surface area contributed by atoms with Crippen LogP contribution in [0.1, 0.15) is 12.1 Å². The maximum Gasteiger partial charge on any atom is 0.573 e. The number of halogens is 3. The number of aromatic nitrogens is 2. The van der Waals surface area contributed by atoms with Crippen LogP contribution in [-0.2, 0) is 10.0 Å². The highest BCUT2D eigenvalue weighted by Crippen LogP contribution is 2.32. The van der Waals surface area contributed by atoms with E-state index >= 15 is 0 Å². The quantitative estimate of drug-likeness (QED) is 0.763. The summed E-state index contributed by atoms with van der Waals surface area (Å²) in [7, 11) is -4.18. The molecule has 1 saturated heterocycles. The lowest BCUT2D eigenvalue weighted by Gasteiger charge is -2.19. The fraction of sp³-hybridized carbons (Fsp3) is 0.375. The summed E-state index contributed by atoms with van der Waals surface area (Å²) in [5, 5.41) is 7.71. The Balaban J connectivity index is 1.76. The van der Waals surface area contributed by atoms with E-state index in [9.17, 15) is 21.6 Å². The van der Waals surface area contributed by atoms with Crippen molar-refractivity contribution in [1.29, 1.82) is 0 Å². The molecule has 1 unspecified atom stereocenters. The molecule has 2 aromatic rings.